The third-order valence-corrected chi connectivity index (χ3v) is 2.91. The zero-order valence-corrected chi connectivity index (χ0v) is 7.93. The van der Waals surface area contributed by atoms with E-state index in [1.807, 2.05) is 24.3 Å². The van der Waals surface area contributed by atoms with Gasteiger partial charge in [0.25, 0.3) is 0 Å². The quantitative estimate of drug-likeness (QED) is 0.472. The molecular weight excluding hydrogens is 178 g/mol. The van der Waals surface area contributed by atoms with Crippen LogP contribution in [0, 0.1) is 16.0 Å². The number of nitrogens with zero attached hydrogens (tertiary/aromatic N) is 1. The van der Waals surface area contributed by atoms with Gasteiger partial charge >= 0.3 is 0 Å². The van der Waals surface area contributed by atoms with Crippen molar-refractivity contribution in [1.29, 1.82) is 0 Å². The van der Waals surface area contributed by atoms with E-state index in [9.17, 15) is 10.1 Å². The highest BCUT2D eigenvalue weighted by molar-refractivity contribution is 5.30. The molecule has 0 N–H and O–H groups in total. The molecular formula is C11H13NO2. The molecule has 2 aliphatic carbocycles. The van der Waals surface area contributed by atoms with Crippen molar-refractivity contribution in [2.75, 3.05) is 0 Å². The van der Waals surface area contributed by atoms with Gasteiger partial charge in [0, 0.05) is 22.8 Å². The van der Waals surface area contributed by atoms with Crippen molar-refractivity contribution in [3.05, 3.63) is 46.1 Å². The average Bonchev–Trinajstić information content (AvgIpc) is 2.41. The molecule has 0 aliphatic heterocycles. The molecule has 2 aliphatic rings. The minimum atomic E-state index is -0.457. The highest BCUT2D eigenvalue weighted by atomic mass is 16.6. The fraction of sp³-hybridized carbons (Fsp3) is 0.455. The highest BCUT2D eigenvalue weighted by Crippen LogP contribution is 2.33. The maximum atomic E-state index is 10.8. The lowest BCUT2D eigenvalue weighted by molar-refractivity contribution is -0.515. The summed E-state index contributed by atoms with van der Waals surface area (Å²) in [6.45, 7) is 0. The van der Waals surface area contributed by atoms with E-state index in [4.69, 9.17) is 0 Å². The van der Waals surface area contributed by atoms with Crippen molar-refractivity contribution in [3.63, 3.8) is 0 Å². The highest BCUT2D eigenvalue weighted by Gasteiger charge is 2.33. The zero-order chi connectivity index (χ0) is 9.97. The molecule has 0 aromatic rings. The van der Waals surface area contributed by atoms with Gasteiger partial charge in [0.15, 0.2) is 0 Å². The third kappa shape index (κ3) is 1.62. The lowest BCUT2D eigenvalue weighted by Crippen LogP contribution is -2.29. The molecule has 74 valence electrons. The summed E-state index contributed by atoms with van der Waals surface area (Å²) in [4.78, 5) is 10.7. The van der Waals surface area contributed by atoms with Gasteiger partial charge in [-0.3, -0.25) is 10.1 Å². The van der Waals surface area contributed by atoms with Crippen molar-refractivity contribution in [3.8, 4) is 0 Å². The van der Waals surface area contributed by atoms with Crippen LogP contribution in [-0.2, 0) is 0 Å². The summed E-state index contributed by atoms with van der Waals surface area (Å²) in [5, 5.41) is 10.8. The first-order valence-electron chi connectivity index (χ1n) is 4.97. The number of hydrogen-bond donors (Lipinski definition) is 0. The molecule has 3 nitrogen and oxygen atoms in total. The van der Waals surface area contributed by atoms with E-state index >= 15 is 0 Å². The summed E-state index contributed by atoms with van der Waals surface area (Å²) < 4.78 is 0. The lowest BCUT2D eigenvalue weighted by Gasteiger charge is -2.24. The first-order valence-corrected chi connectivity index (χ1v) is 4.97. The van der Waals surface area contributed by atoms with Crippen molar-refractivity contribution >= 4 is 0 Å². The first kappa shape index (κ1) is 9.19. The summed E-state index contributed by atoms with van der Waals surface area (Å²) in [6, 6.07) is -0.457. The molecule has 0 amide bonds. The van der Waals surface area contributed by atoms with Crippen molar-refractivity contribution < 1.29 is 4.92 Å². The Hall–Kier alpha value is -1.38. The Labute approximate surface area is 83.0 Å². The maximum absolute atomic E-state index is 10.8. The number of allylic oxidation sites excluding steroid dienone is 5. The molecule has 0 radical (unpaired) electrons. The van der Waals surface area contributed by atoms with Gasteiger partial charge in [0.05, 0.1) is 0 Å². The fourth-order valence-electron chi connectivity index (χ4n) is 2.21. The topological polar surface area (TPSA) is 43.1 Å². The van der Waals surface area contributed by atoms with Crippen molar-refractivity contribution in [2.24, 2.45) is 5.92 Å². The molecule has 0 heterocycles. The number of rotatable bonds is 1. The average molecular weight is 191 g/mol. The molecule has 2 atom stereocenters. The van der Waals surface area contributed by atoms with Gasteiger partial charge in [-0.2, -0.15) is 0 Å². The van der Waals surface area contributed by atoms with Crippen molar-refractivity contribution in [2.45, 2.75) is 25.3 Å². The van der Waals surface area contributed by atoms with Gasteiger partial charge < -0.3 is 0 Å². The number of fused-ring (bicyclic) bond motifs is 1. The van der Waals surface area contributed by atoms with E-state index in [0.717, 1.165) is 18.4 Å². The van der Waals surface area contributed by atoms with Gasteiger partial charge in [-0.05, 0) is 12.8 Å². The Bertz CT molecular complexity index is 328. The van der Waals surface area contributed by atoms with E-state index in [0.29, 0.717) is 6.42 Å². The monoisotopic (exact) mass is 191 g/mol. The van der Waals surface area contributed by atoms with Crippen LogP contribution >= 0.6 is 0 Å². The lowest BCUT2D eigenvalue weighted by atomic mass is 9.81. The predicted molar refractivity (Wildman–Crippen MR) is 54.5 cm³/mol. The Morgan fingerprint density at radius 2 is 2.14 bits per heavy atom. The molecule has 0 saturated heterocycles. The van der Waals surface area contributed by atoms with Crippen LogP contribution in [0.25, 0.3) is 0 Å². The van der Waals surface area contributed by atoms with E-state index in [2.05, 4.69) is 6.08 Å². The first-order chi connectivity index (χ1) is 6.79. The second kappa shape index (κ2) is 3.78. The number of hydrogen-bond acceptors (Lipinski definition) is 2. The van der Waals surface area contributed by atoms with Crippen LogP contribution in [-0.4, -0.2) is 11.0 Å². The Morgan fingerprint density at radius 1 is 1.29 bits per heavy atom. The minimum Gasteiger partial charge on any atom is -0.264 e. The van der Waals surface area contributed by atoms with Crippen LogP contribution in [0.2, 0.25) is 0 Å². The predicted octanol–water partition coefficient (Wildman–Crippen LogP) is 2.48. The summed E-state index contributed by atoms with van der Waals surface area (Å²) in [6.07, 6.45) is 12.5. The van der Waals surface area contributed by atoms with E-state index in [1.165, 1.54) is 0 Å². The van der Waals surface area contributed by atoms with Gasteiger partial charge in [-0.15, -0.1) is 0 Å². The van der Waals surface area contributed by atoms with Gasteiger partial charge in [-0.1, -0.05) is 30.4 Å². The van der Waals surface area contributed by atoms with Crippen LogP contribution in [0.5, 0.6) is 0 Å². The molecule has 2 unspecified atom stereocenters. The normalized spacial score (nSPS) is 30.4. The molecule has 1 fully saturated rings. The SMILES string of the molecule is O=[N+]([O-])C1CCCC2C=CC=CC=C21. The fourth-order valence-corrected chi connectivity index (χ4v) is 2.21. The van der Waals surface area contributed by atoms with Gasteiger partial charge in [-0.25, -0.2) is 0 Å². The van der Waals surface area contributed by atoms with E-state index in [-0.39, 0.29) is 10.8 Å². The molecule has 0 aromatic carbocycles. The van der Waals surface area contributed by atoms with E-state index < -0.39 is 6.04 Å². The molecule has 0 spiro atoms. The molecule has 14 heavy (non-hydrogen) atoms. The van der Waals surface area contributed by atoms with E-state index in [1.54, 1.807) is 0 Å². The molecule has 2 rings (SSSR count). The summed E-state index contributed by atoms with van der Waals surface area (Å²) in [7, 11) is 0. The smallest absolute Gasteiger partial charge is 0.235 e. The van der Waals surface area contributed by atoms with Crippen LogP contribution < -0.4 is 0 Å². The molecule has 0 aromatic heterocycles. The van der Waals surface area contributed by atoms with Gasteiger partial charge in [0.2, 0.25) is 6.04 Å². The number of nitro groups is 1. The summed E-state index contributed by atoms with van der Waals surface area (Å²) in [5.41, 5.74) is 0.978. The zero-order valence-electron chi connectivity index (χ0n) is 7.93. The minimum absolute atomic E-state index is 0.148. The largest absolute Gasteiger partial charge is 0.264 e. The summed E-state index contributed by atoms with van der Waals surface area (Å²) in [5.74, 6) is 0.286. The van der Waals surface area contributed by atoms with Crippen LogP contribution in [0.3, 0.4) is 0 Å². The second-order valence-electron chi connectivity index (χ2n) is 3.78. The van der Waals surface area contributed by atoms with Crippen LogP contribution in [0.1, 0.15) is 19.3 Å². The standard InChI is InChI=1S/C11H13NO2/c13-12(14)11-8-4-6-9-5-2-1-3-7-10(9)11/h1-3,5,7,9,11H,4,6,8H2. The second-order valence-corrected chi connectivity index (χ2v) is 3.78. The van der Waals surface area contributed by atoms with Crippen molar-refractivity contribution in [1.82, 2.24) is 0 Å². The summed E-state index contributed by atoms with van der Waals surface area (Å²) >= 11 is 0. The molecule has 0 bridgehead atoms. The Balaban J connectivity index is 2.29. The van der Waals surface area contributed by atoms with Crippen LogP contribution in [0.4, 0.5) is 0 Å². The van der Waals surface area contributed by atoms with Crippen LogP contribution in [0.15, 0.2) is 36.0 Å². The Kier molecular flexibility index (Phi) is 2.48. The van der Waals surface area contributed by atoms with Gasteiger partial charge in [0.1, 0.15) is 0 Å². The Morgan fingerprint density at radius 3 is 2.93 bits per heavy atom. The third-order valence-electron chi connectivity index (χ3n) is 2.91. The molecule has 3 heteroatoms. The molecule has 1 saturated carbocycles. The maximum Gasteiger partial charge on any atom is 0.235 e.